The zero-order chi connectivity index (χ0) is 12.5. The monoisotopic (exact) mass is 234 g/mol. The third kappa shape index (κ3) is 4.69. The molecular formula is C14H22N2O. The average molecular weight is 234 g/mol. The minimum Gasteiger partial charge on any atom is -0.380 e. The van der Waals surface area contributed by atoms with Gasteiger partial charge < -0.3 is 15.8 Å². The molecule has 0 amide bonds. The Hall–Kier alpha value is -1.16. The lowest BCUT2D eigenvalue weighted by Crippen LogP contribution is -2.28. The molecule has 17 heavy (non-hydrogen) atoms. The molecule has 3 N–H and O–H groups in total. The van der Waals surface area contributed by atoms with Gasteiger partial charge in [0.25, 0.3) is 0 Å². The minimum absolute atomic E-state index is 0.214. The van der Waals surface area contributed by atoms with Crippen molar-refractivity contribution in [1.82, 2.24) is 5.32 Å². The summed E-state index contributed by atoms with van der Waals surface area (Å²) < 4.78 is 5.08. The van der Waals surface area contributed by atoms with E-state index in [1.165, 1.54) is 11.1 Å². The summed E-state index contributed by atoms with van der Waals surface area (Å²) in [4.78, 5) is 0. The molecule has 0 aliphatic rings. The molecule has 0 aliphatic carbocycles. The summed E-state index contributed by atoms with van der Waals surface area (Å²) in [7, 11) is 1.70. The van der Waals surface area contributed by atoms with Crippen LogP contribution in [0.15, 0.2) is 36.9 Å². The second-order valence-electron chi connectivity index (χ2n) is 3.99. The van der Waals surface area contributed by atoms with Crippen LogP contribution in [-0.4, -0.2) is 20.2 Å². The normalized spacial score (nSPS) is 12.4. The molecule has 0 radical (unpaired) electrons. The summed E-state index contributed by atoms with van der Waals surface area (Å²) >= 11 is 0. The van der Waals surface area contributed by atoms with Gasteiger partial charge in [0, 0.05) is 19.7 Å². The molecule has 1 atom stereocenters. The number of methoxy groups -OCH3 is 1. The van der Waals surface area contributed by atoms with Crippen molar-refractivity contribution in [3.8, 4) is 0 Å². The van der Waals surface area contributed by atoms with Gasteiger partial charge >= 0.3 is 0 Å². The molecule has 0 heterocycles. The SMILES string of the molecule is C=CCCNC(CN)c1ccc(COC)cc1. The molecule has 0 aromatic heterocycles. The van der Waals surface area contributed by atoms with Gasteiger partial charge in [-0.1, -0.05) is 30.3 Å². The summed E-state index contributed by atoms with van der Waals surface area (Å²) in [5.74, 6) is 0. The Balaban J connectivity index is 2.58. The molecule has 0 aliphatic heterocycles. The first kappa shape index (κ1) is 13.9. The zero-order valence-electron chi connectivity index (χ0n) is 10.5. The number of rotatable bonds is 8. The topological polar surface area (TPSA) is 47.3 Å². The summed E-state index contributed by atoms with van der Waals surface area (Å²) in [5.41, 5.74) is 8.17. The maximum atomic E-state index is 5.77. The van der Waals surface area contributed by atoms with Crippen LogP contribution in [0.1, 0.15) is 23.6 Å². The summed E-state index contributed by atoms with van der Waals surface area (Å²) in [6.45, 7) is 5.86. The molecule has 0 saturated heterocycles. The molecule has 1 aromatic rings. The molecule has 3 heteroatoms. The molecule has 1 rings (SSSR count). The Bertz CT molecular complexity index is 321. The summed E-state index contributed by atoms with van der Waals surface area (Å²) in [6.07, 6.45) is 2.86. The van der Waals surface area contributed by atoms with E-state index in [1.54, 1.807) is 7.11 Å². The maximum absolute atomic E-state index is 5.77. The first-order chi connectivity index (χ1) is 8.31. The van der Waals surface area contributed by atoms with Crippen LogP contribution >= 0.6 is 0 Å². The van der Waals surface area contributed by atoms with Crippen LogP contribution in [0, 0.1) is 0 Å². The summed E-state index contributed by atoms with van der Waals surface area (Å²) in [5, 5.41) is 3.41. The third-order valence-electron chi connectivity index (χ3n) is 2.67. The molecule has 0 bridgehead atoms. The van der Waals surface area contributed by atoms with Gasteiger partial charge in [-0.25, -0.2) is 0 Å². The number of nitrogens with one attached hydrogen (secondary N) is 1. The molecule has 1 aromatic carbocycles. The van der Waals surface area contributed by atoms with Crippen molar-refractivity contribution < 1.29 is 4.74 Å². The Morgan fingerprint density at radius 3 is 2.65 bits per heavy atom. The van der Waals surface area contributed by atoms with E-state index in [-0.39, 0.29) is 6.04 Å². The van der Waals surface area contributed by atoms with Gasteiger partial charge in [0.2, 0.25) is 0 Å². The lowest BCUT2D eigenvalue weighted by atomic mass is 10.0. The molecule has 3 nitrogen and oxygen atoms in total. The number of hydrogen-bond donors (Lipinski definition) is 2. The second kappa shape index (κ2) is 8.01. The minimum atomic E-state index is 0.214. The highest BCUT2D eigenvalue weighted by Crippen LogP contribution is 2.13. The first-order valence-electron chi connectivity index (χ1n) is 5.94. The smallest absolute Gasteiger partial charge is 0.0713 e. The van der Waals surface area contributed by atoms with E-state index >= 15 is 0 Å². The van der Waals surface area contributed by atoms with E-state index in [2.05, 4.69) is 36.2 Å². The standard InChI is InChI=1S/C14H22N2O/c1-3-4-9-16-14(10-15)13-7-5-12(6-8-13)11-17-2/h3,5-8,14,16H,1,4,9-11,15H2,2H3. The Kier molecular flexibility index (Phi) is 6.55. The van der Waals surface area contributed by atoms with Crippen LogP contribution in [0.4, 0.5) is 0 Å². The van der Waals surface area contributed by atoms with Crippen molar-refractivity contribution in [2.45, 2.75) is 19.1 Å². The Morgan fingerprint density at radius 1 is 1.41 bits per heavy atom. The van der Waals surface area contributed by atoms with Crippen molar-refractivity contribution in [2.24, 2.45) is 5.73 Å². The third-order valence-corrected chi connectivity index (χ3v) is 2.67. The van der Waals surface area contributed by atoms with Crippen LogP contribution in [0.3, 0.4) is 0 Å². The van der Waals surface area contributed by atoms with Gasteiger partial charge in [0.1, 0.15) is 0 Å². The number of benzene rings is 1. The first-order valence-corrected chi connectivity index (χ1v) is 5.94. The fourth-order valence-corrected chi connectivity index (χ4v) is 1.71. The van der Waals surface area contributed by atoms with Crippen LogP contribution in [0.2, 0.25) is 0 Å². The maximum Gasteiger partial charge on any atom is 0.0713 e. The van der Waals surface area contributed by atoms with Gasteiger partial charge in [-0.15, -0.1) is 6.58 Å². The molecule has 0 saturated carbocycles. The van der Waals surface area contributed by atoms with Gasteiger partial charge in [0.05, 0.1) is 6.61 Å². The molecule has 1 unspecified atom stereocenters. The van der Waals surface area contributed by atoms with Gasteiger partial charge in [-0.05, 0) is 24.1 Å². The number of nitrogens with two attached hydrogens (primary N) is 1. The highest BCUT2D eigenvalue weighted by Gasteiger charge is 2.07. The van der Waals surface area contributed by atoms with Crippen molar-refractivity contribution in [1.29, 1.82) is 0 Å². The van der Waals surface area contributed by atoms with Crippen molar-refractivity contribution in [3.63, 3.8) is 0 Å². The molecule has 0 fully saturated rings. The predicted molar refractivity (Wildman–Crippen MR) is 71.8 cm³/mol. The van der Waals surface area contributed by atoms with E-state index in [1.807, 2.05) is 6.08 Å². The quantitative estimate of drug-likeness (QED) is 0.534. The summed E-state index contributed by atoms with van der Waals surface area (Å²) in [6, 6.07) is 8.58. The van der Waals surface area contributed by atoms with Gasteiger partial charge in [0.15, 0.2) is 0 Å². The van der Waals surface area contributed by atoms with Gasteiger partial charge in [-0.2, -0.15) is 0 Å². The second-order valence-corrected chi connectivity index (χ2v) is 3.99. The van der Waals surface area contributed by atoms with Gasteiger partial charge in [-0.3, -0.25) is 0 Å². The Morgan fingerprint density at radius 2 is 2.12 bits per heavy atom. The van der Waals surface area contributed by atoms with E-state index in [4.69, 9.17) is 10.5 Å². The zero-order valence-corrected chi connectivity index (χ0v) is 10.5. The van der Waals surface area contributed by atoms with E-state index < -0.39 is 0 Å². The molecule has 0 spiro atoms. The molecule has 94 valence electrons. The van der Waals surface area contributed by atoms with Crippen LogP contribution in [0.5, 0.6) is 0 Å². The van der Waals surface area contributed by atoms with Crippen LogP contribution in [0.25, 0.3) is 0 Å². The molecular weight excluding hydrogens is 212 g/mol. The Labute approximate surface area is 104 Å². The fraction of sp³-hybridized carbons (Fsp3) is 0.429. The van der Waals surface area contributed by atoms with E-state index in [0.29, 0.717) is 13.2 Å². The largest absolute Gasteiger partial charge is 0.380 e. The average Bonchev–Trinajstić information content (AvgIpc) is 2.36. The highest BCUT2D eigenvalue weighted by atomic mass is 16.5. The van der Waals surface area contributed by atoms with E-state index in [9.17, 15) is 0 Å². The lowest BCUT2D eigenvalue weighted by molar-refractivity contribution is 0.185. The van der Waals surface area contributed by atoms with Crippen LogP contribution < -0.4 is 11.1 Å². The lowest BCUT2D eigenvalue weighted by Gasteiger charge is -2.17. The predicted octanol–water partition coefficient (Wildman–Crippen LogP) is 2.00. The van der Waals surface area contributed by atoms with Crippen molar-refractivity contribution >= 4 is 0 Å². The number of hydrogen-bond acceptors (Lipinski definition) is 3. The van der Waals surface area contributed by atoms with E-state index in [0.717, 1.165) is 13.0 Å². The number of ether oxygens (including phenoxy) is 1. The van der Waals surface area contributed by atoms with Crippen molar-refractivity contribution in [3.05, 3.63) is 48.0 Å². The van der Waals surface area contributed by atoms with Crippen LogP contribution in [-0.2, 0) is 11.3 Å². The fourth-order valence-electron chi connectivity index (χ4n) is 1.71. The highest BCUT2D eigenvalue weighted by molar-refractivity contribution is 5.25. The van der Waals surface area contributed by atoms with Crippen molar-refractivity contribution in [2.75, 3.05) is 20.2 Å².